The fourth-order valence-corrected chi connectivity index (χ4v) is 4.82. The highest BCUT2D eigenvalue weighted by Gasteiger charge is 2.14. The van der Waals surface area contributed by atoms with Crippen LogP contribution < -0.4 is 10.6 Å². The van der Waals surface area contributed by atoms with Crippen LogP contribution in [0.25, 0.3) is 21.3 Å². The Balaban J connectivity index is 1.49. The van der Waals surface area contributed by atoms with Gasteiger partial charge in [-0.05, 0) is 23.6 Å². The molecule has 3 aromatic heterocycles. The molecule has 132 valence electrons. The van der Waals surface area contributed by atoms with Gasteiger partial charge in [-0.3, -0.25) is 0 Å². The highest BCUT2D eigenvalue weighted by atomic mass is 32.2. The molecule has 0 saturated heterocycles. The van der Waals surface area contributed by atoms with Crippen LogP contribution in [0.4, 0.5) is 0 Å². The normalized spacial score (nSPS) is 11.0. The Morgan fingerprint density at radius 1 is 1.15 bits per heavy atom. The van der Waals surface area contributed by atoms with Gasteiger partial charge >= 0.3 is 0 Å². The molecule has 0 amide bonds. The van der Waals surface area contributed by atoms with Gasteiger partial charge in [0, 0.05) is 11.1 Å². The number of nitrogens with two attached hydrogens (primary N) is 1. The number of para-hydroxylation sites is 1. The van der Waals surface area contributed by atoms with Gasteiger partial charge in [0.2, 0.25) is 5.16 Å². The summed E-state index contributed by atoms with van der Waals surface area (Å²) in [5.41, 5.74) is 1.97. The van der Waals surface area contributed by atoms with Crippen molar-refractivity contribution in [2.24, 2.45) is 0 Å². The predicted octanol–water partition coefficient (Wildman–Crippen LogP) is 4.14. The van der Waals surface area contributed by atoms with Crippen LogP contribution in [0, 0.1) is 0 Å². The van der Waals surface area contributed by atoms with E-state index in [1.54, 1.807) is 29.8 Å². The Bertz CT molecular complexity index is 1010. The van der Waals surface area contributed by atoms with Crippen LogP contribution in [-0.4, -0.2) is 27.0 Å². The number of nitrogen functional groups attached to an aromatic ring is 1. The number of aromatic nitrogens is 4. The number of methoxy groups -OCH3 is 1. The third-order valence-corrected chi connectivity index (χ3v) is 6.41. The molecule has 0 radical (unpaired) electrons. The molecule has 0 fully saturated rings. The second-order valence-corrected chi connectivity index (χ2v) is 8.03. The Morgan fingerprint density at radius 2 is 2.04 bits per heavy atom. The maximum Gasteiger partial charge on any atom is 0.210 e. The summed E-state index contributed by atoms with van der Waals surface area (Å²) in [6, 6.07) is 11.8. The van der Waals surface area contributed by atoms with E-state index in [0.717, 1.165) is 26.9 Å². The van der Waals surface area contributed by atoms with E-state index < -0.39 is 0 Å². The second kappa shape index (κ2) is 7.48. The quantitative estimate of drug-likeness (QED) is 0.386. The lowest BCUT2D eigenvalue weighted by molar-refractivity contribution is 0.416. The van der Waals surface area contributed by atoms with Gasteiger partial charge in [0.1, 0.15) is 10.8 Å². The van der Waals surface area contributed by atoms with Gasteiger partial charge in [-0.25, -0.2) is 9.66 Å². The zero-order valence-corrected chi connectivity index (χ0v) is 16.3. The van der Waals surface area contributed by atoms with Gasteiger partial charge in [0.15, 0.2) is 5.82 Å². The first-order chi connectivity index (χ1) is 12.8. The van der Waals surface area contributed by atoms with E-state index in [4.69, 9.17) is 15.6 Å². The summed E-state index contributed by atoms with van der Waals surface area (Å²) in [5.74, 6) is 8.31. The van der Waals surface area contributed by atoms with Crippen molar-refractivity contribution in [1.82, 2.24) is 19.9 Å². The number of rotatable bonds is 6. The minimum atomic E-state index is 0.667. The second-order valence-electron chi connectivity index (χ2n) is 5.29. The fraction of sp³-hybridized carbons (Fsp3) is 0.118. The van der Waals surface area contributed by atoms with Crippen LogP contribution in [0.1, 0.15) is 5.69 Å². The number of ether oxygens (including phenoxy) is 1. The van der Waals surface area contributed by atoms with Gasteiger partial charge in [0.05, 0.1) is 23.2 Å². The van der Waals surface area contributed by atoms with E-state index in [2.05, 4.69) is 10.2 Å². The first kappa shape index (κ1) is 17.1. The number of thioether (sulfide) groups is 1. The summed E-state index contributed by atoms with van der Waals surface area (Å²) in [6.45, 7) is 0. The van der Waals surface area contributed by atoms with Gasteiger partial charge in [-0.1, -0.05) is 30.0 Å². The van der Waals surface area contributed by atoms with Crippen molar-refractivity contribution in [1.29, 1.82) is 0 Å². The molecule has 9 heteroatoms. The molecule has 0 aliphatic rings. The molecule has 0 saturated carbocycles. The summed E-state index contributed by atoms with van der Waals surface area (Å²) in [5, 5.41) is 14.0. The van der Waals surface area contributed by atoms with Crippen molar-refractivity contribution in [2.45, 2.75) is 10.9 Å². The molecule has 0 aliphatic carbocycles. The maximum atomic E-state index is 6.14. The Morgan fingerprint density at radius 3 is 2.85 bits per heavy atom. The van der Waals surface area contributed by atoms with Crippen molar-refractivity contribution in [3.63, 3.8) is 0 Å². The zero-order chi connectivity index (χ0) is 17.9. The molecule has 4 aromatic rings. The van der Waals surface area contributed by atoms with Gasteiger partial charge in [0.25, 0.3) is 0 Å². The minimum Gasteiger partial charge on any atom is -0.496 e. The summed E-state index contributed by atoms with van der Waals surface area (Å²) in [4.78, 5) is 5.71. The molecule has 0 spiro atoms. The van der Waals surface area contributed by atoms with Crippen LogP contribution in [0.15, 0.2) is 52.3 Å². The van der Waals surface area contributed by atoms with E-state index in [1.807, 2.05) is 47.2 Å². The number of benzene rings is 1. The Labute approximate surface area is 162 Å². The van der Waals surface area contributed by atoms with Crippen LogP contribution in [0.2, 0.25) is 0 Å². The van der Waals surface area contributed by atoms with Crippen molar-refractivity contribution in [3.8, 4) is 27.0 Å². The Hall–Kier alpha value is -2.36. The first-order valence-corrected chi connectivity index (χ1v) is 10.5. The number of hydrogen-bond acceptors (Lipinski definition) is 8. The molecule has 2 N–H and O–H groups in total. The molecule has 6 nitrogen and oxygen atoms in total. The lowest BCUT2D eigenvalue weighted by Gasteiger charge is -2.04. The molecule has 0 aliphatic heterocycles. The largest absolute Gasteiger partial charge is 0.496 e. The SMILES string of the molecule is COc1ccccc1-c1nc(CSc2nnc(-c3cccs3)n2N)cs1. The fourth-order valence-electron chi connectivity index (χ4n) is 2.41. The third-order valence-electron chi connectivity index (χ3n) is 3.64. The third kappa shape index (κ3) is 3.33. The van der Waals surface area contributed by atoms with Crippen molar-refractivity contribution in [2.75, 3.05) is 13.0 Å². The monoisotopic (exact) mass is 401 g/mol. The van der Waals surface area contributed by atoms with Crippen molar-refractivity contribution >= 4 is 34.4 Å². The molecule has 0 bridgehead atoms. The van der Waals surface area contributed by atoms with E-state index in [-0.39, 0.29) is 0 Å². The molecule has 1 aromatic carbocycles. The number of thiazole rings is 1. The van der Waals surface area contributed by atoms with Crippen LogP contribution in [0.5, 0.6) is 5.75 Å². The minimum absolute atomic E-state index is 0.667. The molecule has 0 atom stereocenters. The summed E-state index contributed by atoms with van der Waals surface area (Å²) in [7, 11) is 1.67. The summed E-state index contributed by atoms with van der Waals surface area (Å²) in [6.07, 6.45) is 0. The van der Waals surface area contributed by atoms with Crippen LogP contribution in [0.3, 0.4) is 0 Å². The number of thiophene rings is 1. The molecule has 3 heterocycles. The molecule has 0 unspecified atom stereocenters. The van der Waals surface area contributed by atoms with E-state index in [0.29, 0.717) is 16.7 Å². The molecule has 4 rings (SSSR count). The van der Waals surface area contributed by atoms with Gasteiger partial charge in [-0.15, -0.1) is 32.9 Å². The highest BCUT2D eigenvalue weighted by Crippen LogP contribution is 2.33. The summed E-state index contributed by atoms with van der Waals surface area (Å²) >= 11 is 4.70. The maximum absolute atomic E-state index is 6.14. The molecular formula is C17H15N5OS3. The van der Waals surface area contributed by atoms with Gasteiger partial charge in [-0.2, -0.15) is 0 Å². The average molecular weight is 402 g/mol. The van der Waals surface area contributed by atoms with Crippen LogP contribution in [-0.2, 0) is 5.75 Å². The smallest absolute Gasteiger partial charge is 0.210 e. The topological polar surface area (TPSA) is 78.9 Å². The Kier molecular flexibility index (Phi) is 4.91. The van der Waals surface area contributed by atoms with Gasteiger partial charge < -0.3 is 10.6 Å². The molecular weight excluding hydrogens is 386 g/mol. The van der Waals surface area contributed by atoms with E-state index in [1.165, 1.54) is 16.4 Å². The zero-order valence-electron chi connectivity index (χ0n) is 13.8. The van der Waals surface area contributed by atoms with E-state index >= 15 is 0 Å². The van der Waals surface area contributed by atoms with Crippen molar-refractivity contribution < 1.29 is 4.74 Å². The predicted molar refractivity (Wildman–Crippen MR) is 107 cm³/mol. The average Bonchev–Trinajstić information content (AvgIpc) is 3.41. The number of hydrogen-bond donors (Lipinski definition) is 1. The molecule has 26 heavy (non-hydrogen) atoms. The standard InChI is InChI=1S/C17H15N5OS3/c1-23-13-6-3-2-5-12(13)16-19-11(9-25-16)10-26-17-21-20-15(22(17)18)14-7-4-8-24-14/h2-9H,10,18H2,1H3. The summed E-state index contributed by atoms with van der Waals surface area (Å²) < 4.78 is 6.95. The van der Waals surface area contributed by atoms with Crippen LogP contribution >= 0.6 is 34.4 Å². The first-order valence-electron chi connectivity index (χ1n) is 7.71. The lowest BCUT2D eigenvalue weighted by atomic mass is 10.2. The lowest BCUT2D eigenvalue weighted by Crippen LogP contribution is -2.11. The number of nitrogens with zero attached hydrogens (tertiary/aromatic N) is 4. The van der Waals surface area contributed by atoms with E-state index in [9.17, 15) is 0 Å². The highest BCUT2D eigenvalue weighted by molar-refractivity contribution is 7.98. The van der Waals surface area contributed by atoms with Crippen molar-refractivity contribution in [3.05, 3.63) is 52.9 Å².